The summed E-state index contributed by atoms with van der Waals surface area (Å²) in [5, 5.41) is 5.47. The van der Waals surface area contributed by atoms with E-state index in [-0.39, 0.29) is 5.92 Å². The molecule has 0 fully saturated rings. The van der Waals surface area contributed by atoms with Gasteiger partial charge >= 0.3 is 0 Å². The first-order valence-corrected chi connectivity index (χ1v) is 6.71. The number of aldehydes is 1. The van der Waals surface area contributed by atoms with E-state index in [1.807, 2.05) is 31.2 Å². The summed E-state index contributed by atoms with van der Waals surface area (Å²) in [4.78, 5) is 14.9. The lowest BCUT2D eigenvalue weighted by Gasteiger charge is -2.28. The minimum Gasteiger partial charge on any atom is -0.383 e. The summed E-state index contributed by atoms with van der Waals surface area (Å²) in [6.07, 6.45) is 3.62. The molecule has 102 valence electrons. The second kappa shape index (κ2) is 4.96. The SMILES string of the molecule is CC1=C(CNc2cccc3c(N)nccc23)CC1C=O. The van der Waals surface area contributed by atoms with Crippen LogP contribution in [0.4, 0.5) is 11.5 Å². The zero-order chi connectivity index (χ0) is 14.1. The molecule has 0 saturated heterocycles. The Morgan fingerprint density at radius 2 is 2.25 bits per heavy atom. The van der Waals surface area contributed by atoms with Crippen LogP contribution in [0.25, 0.3) is 10.8 Å². The lowest BCUT2D eigenvalue weighted by atomic mass is 9.79. The number of fused-ring (bicyclic) bond motifs is 1. The van der Waals surface area contributed by atoms with Crippen LogP contribution in [0.3, 0.4) is 0 Å². The number of rotatable bonds is 4. The first-order chi connectivity index (χ1) is 9.70. The molecule has 0 saturated carbocycles. The Kier molecular flexibility index (Phi) is 3.14. The fourth-order valence-electron chi connectivity index (χ4n) is 2.66. The molecule has 3 N–H and O–H groups in total. The van der Waals surface area contributed by atoms with E-state index >= 15 is 0 Å². The predicted octanol–water partition coefficient (Wildman–Crippen LogP) is 2.76. The number of nitrogens with zero attached hydrogens (tertiary/aromatic N) is 1. The zero-order valence-corrected chi connectivity index (χ0v) is 11.4. The summed E-state index contributed by atoms with van der Waals surface area (Å²) in [6, 6.07) is 7.94. The molecule has 1 aromatic carbocycles. The smallest absolute Gasteiger partial charge is 0.131 e. The summed E-state index contributed by atoms with van der Waals surface area (Å²) < 4.78 is 0. The van der Waals surface area contributed by atoms with Crippen LogP contribution < -0.4 is 11.1 Å². The van der Waals surface area contributed by atoms with Crippen molar-refractivity contribution in [2.24, 2.45) is 5.92 Å². The van der Waals surface area contributed by atoms with Crippen LogP contribution in [0.15, 0.2) is 41.6 Å². The zero-order valence-electron chi connectivity index (χ0n) is 11.4. The van der Waals surface area contributed by atoms with E-state index in [0.717, 1.165) is 35.7 Å². The van der Waals surface area contributed by atoms with Gasteiger partial charge in [-0.2, -0.15) is 0 Å². The Balaban J connectivity index is 1.84. The number of allylic oxidation sites excluding steroid dienone is 1. The molecule has 1 unspecified atom stereocenters. The van der Waals surface area contributed by atoms with Gasteiger partial charge < -0.3 is 15.8 Å². The highest BCUT2D eigenvalue weighted by Gasteiger charge is 2.24. The fraction of sp³-hybridized carbons (Fsp3) is 0.250. The molecule has 1 atom stereocenters. The van der Waals surface area contributed by atoms with E-state index < -0.39 is 0 Å². The van der Waals surface area contributed by atoms with Crippen molar-refractivity contribution in [3.05, 3.63) is 41.6 Å². The van der Waals surface area contributed by atoms with Gasteiger partial charge in [-0.25, -0.2) is 4.98 Å². The van der Waals surface area contributed by atoms with E-state index in [1.165, 1.54) is 11.1 Å². The molecule has 0 bridgehead atoms. The second-order valence-corrected chi connectivity index (χ2v) is 5.18. The lowest BCUT2D eigenvalue weighted by molar-refractivity contribution is -0.110. The highest BCUT2D eigenvalue weighted by atomic mass is 16.1. The van der Waals surface area contributed by atoms with Crippen LogP contribution in [-0.2, 0) is 4.79 Å². The van der Waals surface area contributed by atoms with Crippen molar-refractivity contribution >= 4 is 28.6 Å². The topological polar surface area (TPSA) is 68.0 Å². The molecule has 1 aromatic heterocycles. The lowest BCUT2D eigenvalue weighted by Crippen LogP contribution is -2.23. The van der Waals surface area contributed by atoms with E-state index in [1.54, 1.807) is 6.20 Å². The minimum atomic E-state index is 0.124. The Labute approximate surface area is 117 Å². The van der Waals surface area contributed by atoms with E-state index in [2.05, 4.69) is 10.3 Å². The number of hydrogen-bond donors (Lipinski definition) is 2. The predicted molar refractivity (Wildman–Crippen MR) is 81.5 cm³/mol. The molecule has 0 aliphatic heterocycles. The molecule has 0 radical (unpaired) electrons. The third-order valence-corrected chi connectivity index (χ3v) is 4.07. The maximum atomic E-state index is 10.8. The standard InChI is InChI=1S/C16H17N3O/c1-10-11(7-12(10)9-20)8-19-15-4-2-3-14-13(15)5-6-18-16(14)17/h2-6,9,12,19H,7-8H2,1H3,(H2,17,18). The number of nitrogen functional groups attached to an aromatic ring is 1. The Bertz CT molecular complexity index is 706. The summed E-state index contributed by atoms with van der Waals surface area (Å²) in [5.74, 6) is 0.672. The van der Waals surface area contributed by atoms with Gasteiger partial charge in [0.2, 0.25) is 0 Å². The van der Waals surface area contributed by atoms with Crippen molar-refractivity contribution in [1.29, 1.82) is 0 Å². The molecular weight excluding hydrogens is 250 g/mol. The van der Waals surface area contributed by atoms with Crippen LogP contribution in [0.1, 0.15) is 13.3 Å². The second-order valence-electron chi connectivity index (χ2n) is 5.18. The van der Waals surface area contributed by atoms with Crippen molar-refractivity contribution in [2.45, 2.75) is 13.3 Å². The third kappa shape index (κ3) is 2.03. The number of nitrogens with two attached hydrogens (primary N) is 1. The molecule has 0 amide bonds. The van der Waals surface area contributed by atoms with Crippen molar-refractivity contribution in [3.63, 3.8) is 0 Å². The Morgan fingerprint density at radius 3 is 3.00 bits per heavy atom. The normalized spacial score (nSPS) is 17.9. The molecule has 1 aliphatic carbocycles. The molecule has 20 heavy (non-hydrogen) atoms. The highest BCUT2D eigenvalue weighted by molar-refractivity contribution is 5.99. The van der Waals surface area contributed by atoms with Gasteiger partial charge in [0.15, 0.2) is 0 Å². The van der Waals surface area contributed by atoms with Crippen LogP contribution in [0, 0.1) is 5.92 Å². The quantitative estimate of drug-likeness (QED) is 0.660. The monoisotopic (exact) mass is 267 g/mol. The van der Waals surface area contributed by atoms with Crippen LogP contribution in [0.2, 0.25) is 0 Å². The first-order valence-electron chi connectivity index (χ1n) is 6.71. The van der Waals surface area contributed by atoms with Gasteiger partial charge in [-0.1, -0.05) is 23.3 Å². The molecule has 1 aliphatic rings. The Morgan fingerprint density at radius 1 is 1.40 bits per heavy atom. The summed E-state index contributed by atoms with van der Waals surface area (Å²) >= 11 is 0. The number of hydrogen-bond acceptors (Lipinski definition) is 4. The third-order valence-electron chi connectivity index (χ3n) is 4.07. The molecule has 4 nitrogen and oxygen atoms in total. The van der Waals surface area contributed by atoms with Gasteiger partial charge in [-0.15, -0.1) is 0 Å². The first kappa shape index (κ1) is 12.7. The number of carbonyl (C=O) groups excluding carboxylic acids is 1. The van der Waals surface area contributed by atoms with Crippen molar-refractivity contribution in [3.8, 4) is 0 Å². The molecule has 3 rings (SSSR count). The van der Waals surface area contributed by atoms with Gasteiger partial charge in [0.25, 0.3) is 0 Å². The van der Waals surface area contributed by atoms with Crippen molar-refractivity contribution in [1.82, 2.24) is 4.98 Å². The highest BCUT2D eigenvalue weighted by Crippen LogP contribution is 2.33. The van der Waals surface area contributed by atoms with E-state index in [9.17, 15) is 4.79 Å². The molecule has 1 heterocycles. The average molecular weight is 267 g/mol. The van der Waals surface area contributed by atoms with Crippen LogP contribution in [-0.4, -0.2) is 17.8 Å². The molecule has 4 heteroatoms. The van der Waals surface area contributed by atoms with Gasteiger partial charge in [0.1, 0.15) is 12.1 Å². The fourth-order valence-corrected chi connectivity index (χ4v) is 2.66. The summed E-state index contributed by atoms with van der Waals surface area (Å²) in [5.41, 5.74) is 9.46. The minimum absolute atomic E-state index is 0.124. The van der Waals surface area contributed by atoms with Gasteiger partial charge in [-0.3, -0.25) is 0 Å². The van der Waals surface area contributed by atoms with Gasteiger partial charge in [0, 0.05) is 35.1 Å². The summed E-state index contributed by atoms with van der Waals surface area (Å²) in [6.45, 7) is 2.81. The number of pyridine rings is 1. The van der Waals surface area contributed by atoms with E-state index in [4.69, 9.17) is 5.73 Å². The maximum Gasteiger partial charge on any atom is 0.131 e. The average Bonchev–Trinajstić information content (AvgIpc) is 2.47. The summed E-state index contributed by atoms with van der Waals surface area (Å²) in [7, 11) is 0. The maximum absolute atomic E-state index is 10.8. The number of anilines is 2. The van der Waals surface area contributed by atoms with Crippen molar-refractivity contribution in [2.75, 3.05) is 17.6 Å². The van der Waals surface area contributed by atoms with Gasteiger partial charge in [-0.05, 0) is 25.5 Å². The number of aromatic nitrogens is 1. The number of carbonyl (C=O) groups is 1. The molecule has 0 spiro atoms. The largest absolute Gasteiger partial charge is 0.383 e. The number of benzene rings is 1. The van der Waals surface area contributed by atoms with E-state index in [0.29, 0.717) is 5.82 Å². The van der Waals surface area contributed by atoms with Crippen LogP contribution >= 0.6 is 0 Å². The van der Waals surface area contributed by atoms with Gasteiger partial charge in [0.05, 0.1) is 0 Å². The Hall–Kier alpha value is -2.36. The van der Waals surface area contributed by atoms with Crippen LogP contribution in [0.5, 0.6) is 0 Å². The van der Waals surface area contributed by atoms with Crippen molar-refractivity contribution < 1.29 is 4.79 Å². The molecule has 2 aromatic rings. The molecular formula is C16H17N3O. The number of nitrogens with one attached hydrogen (secondary N) is 1.